The summed E-state index contributed by atoms with van der Waals surface area (Å²) in [5.41, 5.74) is -0.123. The summed E-state index contributed by atoms with van der Waals surface area (Å²) in [5.74, 6) is -1.05. The number of amides is 2. The van der Waals surface area contributed by atoms with Crippen molar-refractivity contribution in [3.63, 3.8) is 0 Å². The molecule has 2 rings (SSSR count). The lowest BCUT2D eigenvalue weighted by Crippen LogP contribution is -2.42. The van der Waals surface area contributed by atoms with Crippen LogP contribution in [0.15, 0.2) is 53.4 Å². The average Bonchev–Trinajstić information content (AvgIpc) is 2.73. The largest absolute Gasteiger partial charge is 0.444 e. The van der Waals surface area contributed by atoms with Crippen molar-refractivity contribution in [2.24, 2.45) is 0 Å². The number of alkyl carbamates (subject to hydrolysis) is 1. The van der Waals surface area contributed by atoms with E-state index < -0.39 is 39.5 Å². The number of halogens is 2. The van der Waals surface area contributed by atoms with E-state index in [-0.39, 0.29) is 23.0 Å². The second kappa shape index (κ2) is 12.1. The van der Waals surface area contributed by atoms with Crippen molar-refractivity contribution in [3.8, 4) is 0 Å². The number of hydrogen-bond acceptors (Lipinski definition) is 5. The molecule has 0 saturated carbocycles. The van der Waals surface area contributed by atoms with Crippen molar-refractivity contribution in [1.29, 1.82) is 0 Å². The molecule has 8 nitrogen and oxygen atoms in total. The molecule has 2 aromatic rings. The fraction of sp³-hybridized carbons (Fsp3) is 0.391. The fourth-order valence-corrected chi connectivity index (χ4v) is 4.52. The number of benzene rings is 2. The van der Waals surface area contributed by atoms with Gasteiger partial charge in [0.25, 0.3) is 0 Å². The topological polar surface area (TPSA) is 114 Å². The summed E-state index contributed by atoms with van der Waals surface area (Å²) in [6.45, 7) is 5.54. The Balaban J connectivity index is 1.85. The summed E-state index contributed by atoms with van der Waals surface area (Å²) in [5, 5.41) is 5.13. The average molecular weight is 514 g/mol. The van der Waals surface area contributed by atoms with Gasteiger partial charge < -0.3 is 15.4 Å². The molecule has 3 N–H and O–H groups in total. The quantitative estimate of drug-likeness (QED) is 0.417. The molecule has 0 aliphatic carbocycles. The van der Waals surface area contributed by atoms with Gasteiger partial charge in [-0.25, -0.2) is 22.3 Å². The van der Waals surface area contributed by atoms with E-state index in [4.69, 9.17) is 16.3 Å². The normalized spacial score (nSPS) is 12.6. The van der Waals surface area contributed by atoms with Crippen LogP contribution < -0.4 is 15.4 Å². The highest BCUT2D eigenvalue weighted by molar-refractivity contribution is 7.89. The molecule has 0 fully saturated rings. The summed E-state index contributed by atoms with van der Waals surface area (Å²) < 4.78 is 45.4. The number of carbonyl (C=O) groups excluding carboxylic acids is 2. The first kappa shape index (κ1) is 27.6. The summed E-state index contributed by atoms with van der Waals surface area (Å²) >= 11 is 5.82. The molecule has 186 valence electrons. The summed E-state index contributed by atoms with van der Waals surface area (Å²) in [4.78, 5) is 24.7. The molecule has 34 heavy (non-hydrogen) atoms. The standard InChI is InChI=1S/C23H29ClFN3O5S/c1-23(2,3)33-22(30)28-20(16-9-5-4-6-10-16)21(29)26-13-7-8-14-27-34(31,32)19-12-11-17(25)15-18(19)24/h4-6,9-12,15,20,27H,7-8,13-14H2,1-3H3,(H,26,29)(H,28,30)/t20-/m0/s1. The van der Waals surface area contributed by atoms with Gasteiger partial charge in [0.15, 0.2) is 0 Å². The highest BCUT2D eigenvalue weighted by atomic mass is 35.5. The second-order valence-electron chi connectivity index (χ2n) is 8.46. The highest BCUT2D eigenvalue weighted by Crippen LogP contribution is 2.22. The van der Waals surface area contributed by atoms with Crippen molar-refractivity contribution >= 4 is 33.6 Å². The minimum atomic E-state index is -3.89. The lowest BCUT2D eigenvalue weighted by Gasteiger charge is -2.23. The van der Waals surface area contributed by atoms with E-state index in [9.17, 15) is 22.4 Å². The molecule has 11 heteroatoms. The number of carbonyl (C=O) groups is 2. The Morgan fingerprint density at radius 1 is 1.06 bits per heavy atom. The third-order valence-corrected chi connectivity index (χ3v) is 6.38. The van der Waals surface area contributed by atoms with Gasteiger partial charge in [0, 0.05) is 13.1 Å². The molecule has 0 unspecified atom stereocenters. The van der Waals surface area contributed by atoms with Gasteiger partial charge in [-0.1, -0.05) is 41.9 Å². The summed E-state index contributed by atoms with van der Waals surface area (Å²) in [6, 6.07) is 10.8. The zero-order valence-electron chi connectivity index (χ0n) is 19.2. The summed E-state index contributed by atoms with van der Waals surface area (Å²) in [7, 11) is -3.89. The van der Waals surface area contributed by atoms with E-state index in [0.29, 0.717) is 18.4 Å². The van der Waals surface area contributed by atoms with Crippen LogP contribution in [0.1, 0.15) is 45.2 Å². The second-order valence-corrected chi connectivity index (χ2v) is 10.6. The fourth-order valence-electron chi connectivity index (χ4n) is 2.91. The Hall–Kier alpha value is -2.69. The van der Waals surface area contributed by atoms with Crippen LogP contribution >= 0.6 is 11.6 Å². The molecule has 0 aliphatic rings. The molecule has 0 heterocycles. The number of nitrogens with one attached hydrogen (secondary N) is 3. The first-order valence-corrected chi connectivity index (χ1v) is 12.5. The van der Waals surface area contributed by atoms with Crippen LogP contribution in [0.4, 0.5) is 9.18 Å². The van der Waals surface area contributed by atoms with Crippen LogP contribution in [-0.4, -0.2) is 39.1 Å². The van der Waals surface area contributed by atoms with E-state index in [0.717, 1.165) is 18.2 Å². The molecular weight excluding hydrogens is 485 g/mol. The Bertz CT molecular complexity index is 1090. The van der Waals surface area contributed by atoms with Gasteiger partial charge in [0.2, 0.25) is 15.9 Å². The van der Waals surface area contributed by atoms with Crippen LogP contribution in [0.2, 0.25) is 5.02 Å². The molecule has 0 saturated heterocycles. The Morgan fingerprint density at radius 2 is 1.71 bits per heavy atom. The van der Waals surface area contributed by atoms with Crippen LogP contribution in [0, 0.1) is 5.82 Å². The van der Waals surface area contributed by atoms with E-state index in [2.05, 4.69) is 15.4 Å². The van der Waals surface area contributed by atoms with Crippen LogP contribution in [0.5, 0.6) is 0 Å². The Morgan fingerprint density at radius 3 is 2.32 bits per heavy atom. The molecule has 0 bridgehead atoms. The molecular formula is C23H29ClFN3O5S. The van der Waals surface area contributed by atoms with Gasteiger partial charge in [0.1, 0.15) is 22.4 Å². The first-order valence-electron chi connectivity index (χ1n) is 10.7. The van der Waals surface area contributed by atoms with Gasteiger partial charge in [-0.15, -0.1) is 0 Å². The zero-order chi connectivity index (χ0) is 25.4. The van der Waals surface area contributed by atoms with Crippen LogP contribution in [0.25, 0.3) is 0 Å². The Labute approximate surface area is 204 Å². The molecule has 0 aromatic heterocycles. The van der Waals surface area contributed by atoms with Gasteiger partial charge >= 0.3 is 6.09 Å². The molecule has 1 atom stereocenters. The highest BCUT2D eigenvalue weighted by Gasteiger charge is 2.25. The number of hydrogen-bond donors (Lipinski definition) is 3. The van der Waals surface area contributed by atoms with Gasteiger partial charge in [-0.3, -0.25) is 4.79 Å². The maximum absolute atomic E-state index is 13.1. The lowest BCUT2D eigenvalue weighted by molar-refractivity contribution is -0.123. The zero-order valence-corrected chi connectivity index (χ0v) is 20.8. The molecule has 0 aliphatic heterocycles. The van der Waals surface area contributed by atoms with Crippen molar-refractivity contribution in [2.45, 2.75) is 50.2 Å². The van der Waals surface area contributed by atoms with E-state index in [1.165, 1.54) is 0 Å². The van der Waals surface area contributed by atoms with Crippen molar-refractivity contribution in [3.05, 3.63) is 64.9 Å². The third kappa shape index (κ3) is 8.92. The van der Waals surface area contributed by atoms with E-state index in [1.54, 1.807) is 51.1 Å². The third-order valence-electron chi connectivity index (χ3n) is 4.43. The monoisotopic (exact) mass is 513 g/mol. The minimum Gasteiger partial charge on any atom is -0.444 e. The number of rotatable bonds is 10. The minimum absolute atomic E-state index is 0.101. The van der Waals surface area contributed by atoms with Crippen LogP contribution in [0.3, 0.4) is 0 Å². The van der Waals surface area contributed by atoms with Gasteiger partial charge in [0.05, 0.1) is 5.02 Å². The van der Waals surface area contributed by atoms with Crippen molar-refractivity contribution in [1.82, 2.24) is 15.4 Å². The number of ether oxygens (including phenoxy) is 1. The molecule has 2 aromatic carbocycles. The molecule has 0 radical (unpaired) electrons. The predicted octanol–water partition coefficient (Wildman–Crippen LogP) is 3.92. The lowest BCUT2D eigenvalue weighted by atomic mass is 10.1. The molecule has 0 spiro atoms. The number of sulfonamides is 1. The van der Waals surface area contributed by atoms with Gasteiger partial charge in [-0.2, -0.15) is 0 Å². The van der Waals surface area contributed by atoms with Crippen molar-refractivity contribution < 1.29 is 27.1 Å². The Kier molecular flexibility index (Phi) is 9.84. The van der Waals surface area contributed by atoms with E-state index >= 15 is 0 Å². The smallest absolute Gasteiger partial charge is 0.408 e. The van der Waals surface area contributed by atoms with E-state index in [1.807, 2.05) is 0 Å². The van der Waals surface area contributed by atoms with Crippen LogP contribution in [-0.2, 0) is 19.6 Å². The summed E-state index contributed by atoms with van der Waals surface area (Å²) in [6.07, 6.45) is 0.179. The van der Waals surface area contributed by atoms with Gasteiger partial charge in [-0.05, 0) is 57.4 Å². The maximum atomic E-state index is 13.1. The SMILES string of the molecule is CC(C)(C)OC(=O)N[C@H](C(=O)NCCCCNS(=O)(=O)c1ccc(F)cc1Cl)c1ccccc1. The number of unbranched alkanes of at least 4 members (excludes halogenated alkanes) is 1. The predicted molar refractivity (Wildman–Crippen MR) is 127 cm³/mol. The first-order chi connectivity index (χ1) is 15.9. The maximum Gasteiger partial charge on any atom is 0.408 e. The van der Waals surface area contributed by atoms with Crippen molar-refractivity contribution in [2.75, 3.05) is 13.1 Å². The molecule has 2 amide bonds.